The summed E-state index contributed by atoms with van der Waals surface area (Å²) in [4.78, 5) is 6.73. The molecular formula is C22H17Cl2FN6O. The molecule has 162 valence electrons. The molecule has 1 N–H and O–H groups in total. The molecule has 32 heavy (non-hydrogen) atoms. The van der Waals surface area contributed by atoms with E-state index in [0.29, 0.717) is 33.7 Å². The first-order valence-corrected chi connectivity index (χ1v) is 10.7. The Balaban J connectivity index is 1.39. The molecule has 0 aliphatic carbocycles. The average molecular weight is 471 g/mol. The highest BCUT2D eigenvalue weighted by Crippen LogP contribution is 2.35. The van der Waals surface area contributed by atoms with Crippen LogP contribution in [0.1, 0.15) is 16.7 Å². The van der Waals surface area contributed by atoms with E-state index in [2.05, 4.69) is 30.5 Å². The van der Waals surface area contributed by atoms with E-state index in [1.54, 1.807) is 30.5 Å². The van der Waals surface area contributed by atoms with Gasteiger partial charge in [-0.15, -0.1) is 10.2 Å². The summed E-state index contributed by atoms with van der Waals surface area (Å²) in [5.41, 5.74) is 3.29. The highest BCUT2D eigenvalue weighted by Gasteiger charge is 2.26. The summed E-state index contributed by atoms with van der Waals surface area (Å²) < 4.78 is 20.1. The molecule has 0 atom stereocenters. The molecule has 0 saturated heterocycles. The van der Waals surface area contributed by atoms with E-state index in [-0.39, 0.29) is 6.61 Å². The largest absolute Gasteiger partial charge is 0.488 e. The Morgan fingerprint density at radius 3 is 2.72 bits per heavy atom. The van der Waals surface area contributed by atoms with Crippen LogP contribution in [0.2, 0.25) is 10.0 Å². The summed E-state index contributed by atoms with van der Waals surface area (Å²) in [6, 6.07) is 11.8. The normalized spacial score (nSPS) is 12.8. The van der Waals surface area contributed by atoms with Crippen molar-refractivity contribution in [3.8, 4) is 17.1 Å². The number of tetrazole rings is 1. The number of nitrogens with one attached hydrogen (secondary N) is 1. The van der Waals surface area contributed by atoms with Crippen LogP contribution < -0.4 is 9.64 Å². The Kier molecular flexibility index (Phi) is 5.63. The summed E-state index contributed by atoms with van der Waals surface area (Å²) in [6.07, 6.45) is 2.54. The van der Waals surface area contributed by atoms with Crippen LogP contribution in [0.15, 0.2) is 48.7 Å². The quantitative estimate of drug-likeness (QED) is 0.433. The smallest absolute Gasteiger partial charge is 0.205 e. The molecule has 0 bridgehead atoms. The predicted molar refractivity (Wildman–Crippen MR) is 119 cm³/mol. The lowest BCUT2D eigenvalue weighted by Crippen LogP contribution is -2.21. The molecule has 2 aromatic carbocycles. The fraction of sp³-hybridized carbons (Fsp3) is 0.182. The van der Waals surface area contributed by atoms with Gasteiger partial charge in [-0.25, -0.2) is 9.37 Å². The zero-order chi connectivity index (χ0) is 22.1. The van der Waals surface area contributed by atoms with Gasteiger partial charge >= 0.3 is 0 Å². The zero-order valence-electron chi connectivity index (χ0n) is 16.7. The van der Waals surface area contributed by atoms with Gasteiger partial charge in [-0.05, 0) is 48.0 Å². The molecule has 4 aromatic rings. The van der Waals surface area contributed by atoms with Crippen molar-refractivity contribution in [2.24, 2.45) is 0 Å². The van der Waals surface area contributed by atoms with Crippen LogP contribution >= 0.6 is 23.2 Å². The van der Waals surface area contributed by atoms with Gasteiger partial charge in [0.2, 0.25) is 5.82 Å². The fourth-order valence-corrected chi connectivity index (χ4v) is 4.16. The topological polar surface area (TPSA) is 79.8 Å². The molecule has 0 radical (unpaired) electrons. The van der Waals surface area contributed by atoms with Crippen molar-refractivity contribution in [3.63, 3.8) is 0 Å². The minimum Gasteiger partial charge on any atom is -0.488 e. The molecule has 0 saturated carbocycles. The van der Waals surface area contributed by atoms with Gasteiger partial charge in [-0.1, -0.05) is 29.3 Å². The molecule has 5 rings (SSSR count). The molecule has 3 heterocycles. The van der Waals surface area contributed by atoms with Crippen LogP contribution in [0.25, 0.3) is 11.4 Å². The van der Waals surface area contributed by atoms with E-state index >= 15 is 0 Å². The summed E-state index contributed by atoms with van der Waals surface area (Å²) in [7, 11) is 0. The van der Waals surface area contributed by atoms with Crippen molar-refractivity contribution in [1.82, 2.24) is 25.6 Å². The maximum atomic E-state index is 14.1. The number of fused-ring (bicyclic) bond motifs is 1. The lowest BCUT2D eigenvalue weighted by molar-refractivity contribution is 0.296. The van der Waals surface area contributed by atoms with Crippen molar-refractivity contribution in [1.29, 1.82) is 0 Å². The Morgan fingerprint density at radius 2 is 1.91 bits per heavy atom. The summed E-state index contributed by atoms with van der Waals surface area (Å²) in [5, 5.41) is 15.3. The van der Waals surface area contributed by atoms with Gasteiger partial charge < -0.3 is 9.64 Å². The number of benzene rings is 2. The fourth-order valence-electron chi connectivity index (χ4n) is 3.80. The van der Waals surface area contributed by atoms with Gasteiger partial charge in [0, 0.05) is 51.6 Å². The number of nitrogens with zero attached hydrogens (tertiary/aromatic N) is 5. The van der Waals surface area contributed by atoms with E-state index in [0.717, 1.165) is 35.5 Å². The van der Waals surface area contributed by atoms with Crippen molar-refractivity contribution in [3.05, 3.63) is 81.2 Å². The second-order valence-electron chi connectivity index (χ2n) is 7.34. The van der Waals surface area contributed by atoms with Gasteiger partial charge in [-0.3, -0.25) is 0 Å². The van der Waals surface area contributed by atoms with Crippen LogP contribution in [-0.4, -0.2) is 32.2 Å². The second kappa shape index (κ2) is 8.72. The van der Waals surface area contributed by atoms with Crippen LogP contribution in [0.5, 0.6) is 5.75 Å². The molecule has 10 heteroatoms. The number of aromatic nitrogens is 5. The van der Waals surface area contributed by atoms with E-state index in [1.165, 1.54) is 6.07 Å². The van der Waals surface area contributed by atoms with Crippen molar-refractivity contribution >= 4 is 29.0 Å². The number of H-pyrrole nitrogens is 1. The maximum Gasteiger partial charge on any atom is 0.205 e. The van der Waals surface area contributed by atoms with Crippen molar-refractivity contribution < 1.29 is 9.13 Å². The molecular weight excluding hydrogens is 454 g/mol. The van der Waals surface area contributed by atoms with Crippen LogP contribution in [0.4, 0.5) is 10.2 Å². The third kappa shape index (κ3) is 4.11. The lowest BCUT2D eigenvalue weighted by atomic mass is 10.1. The first-order valence-electron chi connectivity index (χ1n) is 9.90. The number of pyridine rings is 1. The first-order chi connectivity index (χ1) is 15.6. The van der Waals surface area contributed by atoms with Gasteiger partial charge in [-0.2, -0.15) is 5.21 Å². The molecule has 7 nitrogen and oxygen atoms in total. The molecule has 0 fully saturated rings. The minimum atomic E-state index is -0.403. The Morgan fingerprint density at radius 1 is 1.06 bits per heavy atom. The molecule has 2 aromatic heterocycles. The minimum absolute atomic E-state index is 0.0778. The van der Waals surface area contributed by atoms with E-state index in [1.807, 2.05) is 12.1 Å². The van der Waals surface area contributed by atoms with Gasteiger partial charge in [0.25, 0.3) is 0 Å². The molecule has 1 aliphatic rings. The highest BCUT2D eigenvalue weighted by atomic mass is 35.5. The van der Waals surface area contributed by atoms with Gasteiger partial charge in [0.1, 0.15) is 24.0 Å². The summed E-state index contributed by atoms with van der Waals surface area (Å²) in [6.45, 7) is 1.39. The number of halogens is 3. The highest BCUT2D eigenvalue weighted by molar-refractivity contribution is 6.30. The second-order valence-corrected chi connectivity index (χ2v) is 8.22. The zero-order valence-corrected chi connectivity index (χ0v) is 18.2. The number of ether oxygens (including phenoxy) is 1. The summed E-state index contributed by atoms with van der Waals surface area (Å²) in [5.74, 6) is 1.63. The van der Waals surface area contributed by atoms with Crippen molar-refractivity contribution in [2.45, 2.75) is 19.6 Å². The summed E-state index contributed by atoms with van der Waals surface area (Å²) >= 11 is 12.1. The van der Waals surface area contributed by atoms with E-state index in [9.17, 15) is 4.39 Å². The molecule has 1 aliphatic heterocycles. The molecule has 0 spiro atoms. The third-order valence-corrected chi connectivity index (χ3v) is 5.80. The number of aromatic amines is 1. The van der Waals surface area contributed by atoms with Crippen LogP contribution in [0, 0.1) is 5.82 Å². The predicted octanol–water partition coefficient (Wildman–Crippen LogP) is 4.85. The monoisotopic (exact) mass is 470 g/mol. The SMILES string of the molecule is Fc1cc(Cl)ccc1COc1ccc(Cl)cc1CN1CCc2c(-c3nn[nH]n3)ccnc21. The lowest BCUT2D eigenvalue weighted by Gasteiger charge is -2.21. The molecule has 0 unspecified atom stereocenters. The van der Waals surface area contributed by atoms with Gasteiger partial charge in [0.15, 0.2) is 0 Å². The van der Waals surface area contributed by atoms with Crippen molar-refractivity contribution in [2.75, 3.05) is 11.4 Å². The average Bonchev–Trinajstić information content (AvgIpc) is 3.45. The number of hydrogen-bond donors (Lipinski definition) is 1. The molecule has 0 amide bonds. The Labute approximate surface area is 193 Å². The first kappa shape index (κ1) is 20.7. The van der Waals surface area contributed by atoms with Gasteiger partial charge in [0.05, 0.1) is 0 Å². The Hall–Kier alpha value is -3.23. The number of rotatable bonds is 6. The number of anilines is 1. The van der Waals surface area contributed by atoms with Crippen LogP contribution in [-0.2, 0) is 19.6 Å². The van der Waals surface area contributed by atoms with E-state index < -0.39 is 5.82 Å². The standard InChI is InChI=1S/C22H17Cl2FN6O/c23-15-3-4-20(32-12-13-1-2-16(24)10-19(13)25)14(9-15)11-31-8-6-18-17(5-7-26-22(18)31)21-27-29-30-28-21/h1-5,7,9-10H,6,8,11-12H2,(H,27,28,29,30). The number of hydrogen-bond acceptors (Lipinski definition) is 6. The Bertz CT molecular complexity index is 1270. The third-order valence-electron chi connectivity index (χ3n) is 5.33. The van der Waals surface area contributed by atoms with E-state index in [4.69, 9.17) is 27.9 Å². The maximum absolute atomic E-state index is 14.1. The van der Waals surface area contributed by atoms with Crippen LogP contribution in [0.3, 0.4) is 0 Å².